The van der Waals surface area contributed by atoms with Crippen LogP contribution in [-0.2, 0) is 16.0 Å². The van der Waals surface area contributed by atoms with Crippen LogP contribution >= 0.6 is 11.3 Å². The molecular formula is C26H25N3O5S. The van der Waals surface area contributed by atoms with E-state index in [2.05, 4.69) is 39.9 Å². The quantitative estimate of drug-likeness (QED) is 0.390. The Labute approximate surface area is 206 Å². The Bertz CT molecular complexity index is 1240. The van der Waals surface area contributed by atoms with Gasteiger partial charge >= 0.3 is 12.1 Å². The highest BCUT2D eigenvalue weighted by Gasteiger charge is 2.28. The van der Waals surface area contributed by atoms with Gasteiger partial charge in [0.15, 0.2) is 0 Å². The Kier molecular flexibility index (Phi) is 7.57. The molecule has 0 atom stereocenters. The summed E-state index contributed by atoms with van der Waals surface area (Å²) in [5.41, 5.74) is 5.08. The highest BCUT2D eigenvalue weighted by Crippen LogP contribution is 2.44. The molecule has 2 amide bonds. The van der Waals surface area contributed by atoms with E-state index in [9.17, 15) is 14.4 Å². The van der Waals surface area contributed by atoms with Crippen LogP contribution in [0.4, 0.5) is 4.79 Å². The van der Waals surface area contributed by atoms with Crippen molar-refractivity contribution in [1.29, 1.82) is 0 Å². The van der Waals surface area contributed by atoms with E-state index < -0.39 is 12.1 Å². The van der Waals surface area contributed by atoms with Gasteiger partial charge in [-0.25, -0.2) is 14.6 Å². The molecule has 1 aliphatic rings. The van der Waals surface area contributed by atoms with Gasteiger partial charge in [0.2, 0.25) is 0 Å². The average Bonchev–Trinajstić information content (AvgIpc) is 3.45. The molecular weight excluding hydrogens is 466 g/mol. The number of carboxylic acids is 1. The first-order valence-corrected chi connectivity index (χ1v) is 12.0. The van der Waals surface area contributed by atoms with Gasteiger partial charge in [-0.15, -0.1) is 11.3 Å². The molecule has 4 rings (SSSR count). The van der Waals surface area contributed by atoms with Crippen molar-refractivity contribution >= 4 is 29.3 Å². The first kappa shape index (κ1) is 24.2. The maximum Gasteiger partial charge on any atom is 0.407 e. The molecule has 0 unspecified atom stereocenters. The number of hydrogen-bond donors (Lipinski definition) is 3. The van der Waals surface area contributed by atoms with Crippen molar-refractivity contribution in [2.24, 2.45) is 0 Å². The third-order valence-electron chi connectivity index (χ3n) is 5.74. The molecule has 9 heteroatoms. The molecule has 3 aromatic rings. The smallest absolute Gasteiger partial charge is 0.407 e. The molecule has 1 heterocycles. The van der Waals surface area contributed by atoms with Gasteiger partial charge in [-0.2, -0.15) is 0 Å². The summed E-state index contributed by atoms with van der Waals surface area (Å²) in [6.45, 7) is 2.13. The van der Waals surface area contributed by atoms with Crippen LogP contribution in [-0.4, -0.2) is 47.8 Å². The Balaban J connectivity index is 1.23. The molecule has 0 aliphatic heterocycles. The summed E-state index contributed by atoms with van der Waals surface area (Å²) in [6.07, 6.45) is 1.38. The molecule has 0 bridgehead atoms. The van der Waals surface area contributed by atoms with Crippen molar-refractivity contribution in [2.45, 2.75) is 19.3 Å². The first-order chi connectivity index (χ1) is 16.9. The van der Waals surface area contributed by atoms with Crippen molar-refractivity contribution in [3.63, 3.8) is 0 Å². The SMILES string of the molecule is C/C(=C\CNC(=O)c1csc(CCNC(=O)OCC2c3ccccc3-c3ccccc32)n1)C(=O)O. The number of amides is 2. The number of ether oxygens (including phenoxy) is 1. The Morgan fingerprint density at radius 3 is 2.37 bits per heavy atom. The molecule has 0 radical (unpaired) electrons. The molecule has 1 aromatic heterocycles. The number of rotatable bonds is 9. The normalized spacial score (nSPS) is 12.5. The van der Waals surface area contributed by atoms with Crippen LogP contribution in [0.5, 0.6) is 0 Å². The maximum atomic E-state index is 12.3. The second-order valence-corrected chi connectivity index (χ2v) is 8.97. The van der Waals surface area contributed by atoms with Gasteiger partial charge in [0.1, 0.15) is 12.3 Å². The molecule has 0 fully saturated rings. The topological polar surface area (TPSA) is 118 Å². The summed E-state index contributed by atoms with van der Waals surface area (Å²) < 4.78 is 5.52. The molecule has 3 N–H and O–H groups in total. The van der Waals surface area contributed by atoms with Crippen LogP contribution in [0.15, 0.2) is 65.6 Å². The van der Waals surface area contributed by atoms with E-state index in [0.29, 0.717) is 18.0 Å². The minimum absolute atomic E-state index is 0.00214. The van der Waals surface area contributed by atoms with Gasteiger partial charge in [0.25, 0.3) is 5.91 Å². The van der Waals surface area contributed by atoms with E-state index in [1.807, 2.05) is 24.3 Å². The summed E-state index contributed by atoms with van der Waals surface area (Å²) >= 11 is 1.32. The fourth-order valence-electron chi connectivity index (χ4n) is 3.93. The summed E-state index contributed by atoms with van der Waals surface area (Å²) in [7, 11) is 0. The number of benzene rings is 2. The average molecular weight is 492 g/mol. The highest BCUT2D eigenvalue weighted by molar-refractivity contribution is 7.09. The van der Waals surface area contributed by atoms with E-state index in [1.54, 1.807) is 5.38 Å². The number of carbonyl (C=O) groups is 3. The zero-order valence-electron chi connectivity index (χ0n) is 19.1. The van der Waals surface area contributed by atoms with E-state index in [0.717, 1.165) is 11.1 Å². The lowest BCUT2D eigenvalue weighted by atomic mass is 9.98. The minimum Gasteiger partial charge on any atom is -0.478 e. The number of nitrogens with one attached hydrogen (secondary N) is 2. The van der Waals surface area contributed by atoms with Crippen molar-refractivity contribution < 1.29 is 24.2 Å². The van der Waals surface area contributed by atoms with Gasteiger partial charge in [0, 0.05) is 36.4 Å². The maximum absolute atomic E-state index is 12.3. The number of carboxylic acid groups (broad SMARTS) is 1. The number of aliphatic carboxylic acids is 1. The van der Waals surface area contributed by atoms with Crippen molar-refractivity contribution in [3.8, 4) is 11.1 Å². The van der Waals surface area contributed by atoms with E-state index in [-0.39, 0.29) is 36.2 Å². The number of alkyl carbamates (subject to hydrolysis) is 1. The van der Waals surface area contributed by atoms with Crippen molar-refractivity contribution in [3.05, 3.63) is 87.4 Å². The summed E-state index contributed by atoms with van der Waals surface area (Å²) in [5, 5.41) is 16.5. The fourth-order valence-corrected chi connectivity index (χ4v) is 4.70. The standard InChI is InChI=1S/C26H25N3O5S/c1-16(25(31)32)10-12-27-24(30)22-15-35-23(29-22)11-13-28-26(33)34-14-21-19-8-4-2-6-17(19)18-7-3-5-9-20(18)21/h2-10,15,21H,11-14H2,1H3,(H,27,30)(H,28,33)(H,31,32)/b16-10+. The number of aromatic nitrogens is 1. The van der Waals surface area contributed by atoms with Gasteiger partial charge in [-0.1, -0.05) is 54.6 Å². The Morgan fingerprint density at radius 1 is 1.06 bits per heavy atom. The third-order valence-corrected chi connectivity index (χ3v) is 6.65. The van der Waals surface area contributed by atoms with Crippen LogP contribution in [0, 0.1) is 0 Å². The monoisotopic (exact) mass is 491 g/mol. The lowest BCUT2D eigenvalue weighted by molar-refractivity contribution is -0.132. The van der Waals surface area contributed by atoms with Gasteiger partial charge in [0.05, 0.1) is 5.01 Å². The molecule has 2 aromatic carbocycles. The fraction of sp³-hybridized carbons (Fsp3) is 0.231. The highest BCUT2D eigenvalue weighted by atomic mass is 32.1. The molecule has 1 aliphatic carbocycles. The third kappa shape index (κ3) is 5.75. The van der Waals surface area contributed by atoms with Crippen molar-refractivity contribution in [2.75, 3.05) is 19.7 Å². The predicted octanol–water partition coefficient (Wildman–Crippen LogP) is 3.99. The molecule has 0 saturated heterocycles. The largest absolute Gasteiger partial charge is 0.478 e. The predicted molar refractivity (Wildman–Crippen MR) is 133 cm³/mol. The number of hydrogen-bond acceptors (Lipinski definition) is 6. The molecule has 35 heavy (non-hydrogen) atoms. The number of nitrogens with zero attached hydrogens (tertiary/aromatic N) is 1. The summed E-state index contributed by atoms with van der Waals surface area (Å²) in [4.78, 5) is 39.5. The molecule has 180 valence electrons. The number of thiazole rings is 1. The van der Waals surface area contributed by atoms with E-state index in [1.165, 1.54) is 35.5 Å². The van der Waals surface area contributed by atoms with Crippen LogP contribution in [0.25, 0.3) is 11.1 Å². The van der Waals surface area contributed by atoms with Crippen molar-refractivity contribution in [1.82, 2.24) is 15.6 Å². The molecule has 8 nitrogen and oxygen atoms in total. The van der Waals surface area contributed by atoms with Crippen LogP contribution in [0.1, 0.15) is 39.5 Å². The first-order valence-electron chi connectivity index (χ1n) is 11.2. The zero-order valence-corrected chi connectivity index (χ0v) is 19.9. The molecule has 0 saturated carbocycles. The van der Waals surface area contributed by atoms with Crippen LogP contribution in [0.3, 0.4) is 0 Å². The van der Waals surface area contributed by atoms with E-state index in [4.69, 9.17) is 9.84 Å². The summed E-state index contributed by atoms with van der Waals surface area (Å²) in [5.74, 6) is -1.41. The minimum atomic E-state index is -1.03. The zero-order chi connectivity index (χ0) is 24.8. The van der Waals surface area contributed by atoms with Crippen LogP contribution < -0.4 is 10.6 Å². The molecule has 0 spiro atoms. The van der Waals surface area contributed by atoms with Gasteiger partial charge in [-0.05, 0) is 29.2 Å². The lowest BCUT2D eigenvalue weighted by Gasteiger charge is -2.14. The van der Waals surface area contributed by atoms with Crippen LogP contribution in [0.2, 0.25) is 0 Å². The van der Waals surface area contributed by atoms with Gasteiger partial charge in [-0.3, -0.25) is 4.79 Å². The van der Waals surface area contributed by atoms with Gasteiger partial charge < -0.3 is 20.5 Å². The second kappa shape index (κ2) is 11.0. The van der Waals surface area contributed by atoms with E-state index >= 15 is 0 Å². The number of carbonyl (C=O) groups excluding carboxylic acids is 2. The lowest BCUT2D eigenvalue weighted by Crippen LogP contribution is -2.28. The summed E-state index contributed by atoms with van der Waals surface area (Å²) in [6, 6.07) is 16.3. The second-order valence-electron chi connectivity index (χ2n) is 8.03. The number of fused-ring (bicyclic) bond motifs is 3. The Hall–Kier alpha value is -3.98. The Morgan fingerprint density at radius 2 is 1.71 bits per heavy atom.